The molecule has 0 atom stereocenters. The fourth-order valence-corrected chi connectivity index (χ4v) is 1.39. The van der Waals surface area contributed by atoms with Crippen molar-refractivity contribution in [3.05, 3.63) is 23.7 Å². The van der Waals surface area contributed by atoms with E-state index < -0.39 is 0 Å². The fourth-order valence-electron chi connectivity index (χ4n) is 1.39. The van der Waals surface area contributed by atoms with Crippen LogP contribution in [0.15, 0.2) is 16.7 Å². The summed E-state index contributed by atoms with van der Waals surface area (Å²) in [6.07, 6.45) is 1.50. The van der Waals surface area contributed by atoms with Crippen molar-refractivity contribution in [3.8, 4) is 0 Å². The highest BCUT2D eigenvalue weighted by molar-refractivity contribution is 5.94. The summed E-state index contributed by atoms with van der Waals surface area (Å²) in [7, 11) is 0. The Labute approximate surface area is 89.2 Å². The maximum absolute atomic E-state index is 11.3. The summed E-state index contributed by atoms with van der Waals surface area (Å²) < 4.78 is 5.26. The number of hydrogen-bond acceptors (Lipinski definition) is 4. The summed E-state index contributed by atoms with van der Waals surface area (Å²) in [5.74, 6) is 5.41. The molecule has 5 heteroatoms. The summed E-state index contributed by atoms with van der Waals surface area (Å²) in [4.78, 5) is 13.5. The van der Waals surface area contributed by atoms with Crippen molar-refractivity contribution in [1.29, 1.82) is 0 Å². The highest BCUT2D eigenvalue weighted by Crippen LogP contribution is 2.12. The average molecular weight is 211 g/mol. The Kier molecular flexibility index (Phi) is 4.33. The Morgan fingerprint density at radius 1 is 1.53 bits per heavy atom. The molecule has 0 fully saturated rings. The van der Waals surface area contributed by atoms with E-state index in [0.717, 1.165) is 13.1 Å². The van der Waals surface area contributed by atoms with Crippen molar-refractivity contribution in [2.75, 3.05) is 13.1 Å². The molecule has 1 rings (SSSR count). The van der Waals surface area contributed by atoms with E-state index in [1.54, 1.807) is 6.07 Å². The van der Waals surface area contributed by atoms with Gasteiger partial charge in [0, 0.05) is 0 Å². The number of rotatable bonds is 5. The lowest BCUT2D eigenvalue weighted by atomic mass is 10.2. The molecule has 5 nitrogen and oxygen atoms in total. The second-order valence-electron chi connectivity index (χ2n) is 3.19. The lowest BCUT2D eigenvalue weighted by Crippen LogP contribution is -2.31. The Morgan fingerprint density at radius 3 is 2.73 bits per heavy atom. The predicted molar refractivity (Wildman–Crippen MR) is 57.0 cm³/mol. The number of nitrogen functional groups attached to an aromatic ring is 1. The molecule has 0 saturated carbocycles. The molecule has 0 aliphatic heterocycles. The quantitative estimate of drug-likeness (QED) is 0.428. The van der Waals surface area contributed by atoms with Crippen LogP contribution in [0.4, 0.5) is 0 Å². The zero-order valence-corrected chi connectivity index (χ0v) is 9.12. The standard InChI is InChI=1S/C10H17N3O2/c1-3-13(4-2)7-9-8(5-6-15-9)10(14)12-11/h5-6H,3-4,7,11H2,1-2H3,(H,12,14). The van der Waals surface area contributed by atoms with Crippen LogP contribution in [0, 0.1) is 0 Å². The van der Waals surface area contributed by atoms with E-state index in [2.05, 4.69) is 24.2 Å². The monoisotopic (exact) mass is 211 g/mol. The molecule has 0 aromatic carbocycles. The van der Waals surface area contributed by atoms with Gasteiger partial charge < -0.3 is 4.42 Å². The summed E-state index contributed by atoms with van der Waals surface area (Å²) in [5, 5.41) is 0. The Morgan fingerprint density at radius 2 is 2.20 bits per heavy atom. The average Bonchev–Trinajstić information content (AvgIpc) is 2.72. The fraction of sp³-hybridized carbons (Fsp3) is 0.500. The van der Waals surface area contributed by atoms with E-state index in [1.807, 2.05) is 0 Å². The van der Waals surface area contributed by atoms with Crippen LogP contribution in [0.25, 0.3) is 0 Å². The maximum Gasteiger partial charge on any atom is 0.268 e. The first-order valence-electron chi connectivity index (χ1n) is 5.02. The molecule has 1 heterocycles. The minimum Gasteiger partial charge on any atom is -0.467 e. The molecule has 0 spiro atoms. The van der Waals surface area contributed by atoms with E-state index in [1.165, 1.54) is 6.26 Å². The number of nitrogens with one attached hydrogen (secondary N) is 1. The van der Waals surface area contributed by atoms with Crippen LogP contribution in [0.2, 0.25) is 0 Å². The Balaban J connectivity index is 2.76. The minimum absolute atomic E-state index is 0.314. The molecule has 0 saturated heterocycles. The number of carbonyl (C=O) groups is 1. The number of hydrogen-bond donors (Lipinski definition) is 2. The van der Waals surface area contributed by atoms with Gasteiger partial charge >= 0.3 is 0 Å². The van der Waals surface area contributed by atoms with Crippen LogP contribution in [0.5, 0.6) is 0 Å². The summed E-state index contributed by atoms with van der Waals surface area (Å²) >= 11 is 0. The summed E-state index contributed by atoms with van der Waals surface area (Å²) in [5.41, 5.74) is 2.60. The third-order valence-corrected chi connectivity index (χ3v) is 2.38. The van der Waals surface area contributed by atoms with Crippen LogP contribution in [-0.4, -0.2) is 23.9 Å². The molecular formula is C10H17N3O2. The molecule has 15 heavy (non-hydrogen) atoms. The van der Waals surface area contributed by atoms with Crippen molar-refractivity contribution in [1.82, 2.24) is 10.3 Å². The van der Waals surface area contributed by atoms with Gasteiger partial charge in [-0.15, -0.1) is 0 Å². The molecule has 0 unspecified atom stereocenters. The molecule has 3 N–H and O–H groups in total. The second-order valence-corrected chi connectivity index (χ2v) is 3.19. The third-order valence-electron chi connectivity index (χ3n) is 2.38. The molecule has 1 aromatic heterocycles. The van der Waals surface area contributed by atoms with Gasteiger partial charge in [0.2, 0.25) is 0 Å². The molecule has 0 aliphatic rings. The first-order valence-corrected chi connectivity index (χ1v) is 5.02. The van der Waals surface area contributed by atoms with E-state index in [9.17, 15) is 4.79 Å². The van der Waals surface area contributed by atoms with Crippen molar-refractivity contribution in [2.24, 2.45) is 5.84 Å². The molecule has 1 amide bonds. The minimum atomic E-state index is -0.314. The van der Waals surface area contributed by atoms with Gasteiger partial charge in [-0.3, -0.25) is 15.1 Å². The second kappa shape index (κ2) is 5.53. The zero-order valence-electron chi connectivity index (χ0n) is 9.12. The highest BCUT2D eigenvalue weighted by Gasteiger charge is 2.15. The summed E-state index contributed by atoms with van der Waals surface area (Å²) in [6.45, 7) is 6.59. The van der Waals surface area contributed by atoms with Gasteiger partial charge in [-0.25, -0.2) is 5.84 Å². The van der Waals surface area contributed by atoms with Crippen LogP contribution >= 0.6 is 0 Å². The van der Waals surface area contributed by atoms with Crippen LogP contribution in [0.3, 0.4) is 0 Å². The van der Waals surface area contributed by atoms with Gasteiger partial charge in [0.05, 0.1) is 18.4 Å². The van der Waals surface area contributed by atoms with Crippen molar-refractivity contribution in [2.45, 2.75) is 20.4 Å². The van der Waals surface area contributed by atoms with Gasteiger partial charge in [-0.2, -0.15) is 0 Å². The highest BCUT2D eigenvalue weighted by atomic mass is 16.3. The molecule has 0 aliphatic carbocycles. The molecule has 0 radical (unpaired) electrons. The number of carbonyl (C=O) groups excluding carboxylic acids is 1. The van der Waals surface area contributed by atoms with Crippen LogP contribution < -0.4 is 11.3 Å². The van der Waals surface area contributed by atoms with Crippen LogP contribution in [-0.2, 0) is 6.54 Å². The Hall–Kier alpha value is -1.33. The number of hydrazine groups is 1. The lowest BCUT2D eigenvalue weighted by Gasteiger charge is -2.16. The molecule has 1 aromatic rings. The first-order chi connectivity index (χ1) is 7.22. The third kappa shape index (κ3) is 2.81. The molecular weight excluding hydrogens is 194 g/mol. The zero-order chi connectivity index (χ0) is 11.3. The van der Waals surface area contributed by atoms with Crippen molar-refractivity contribution >= 4 is 5.91 Å². The maximum atomic E-state index is 11.3. The number of amides is 1. The van der Waals surface area contributed by atoms with Crippen molar-refractivity contribution < 1.29 is 9.21 Å². The van der Waals surface area contributed by atoms with E-state index >= 15 is 0 Å². The van der Waals surface area contributed by atoms with Gasteiger partial charge in [0.15, 0.2) is 0 Å². The van der Waals surface area contributed by atoms with Gasteiger partial charge in [0.25, 0.3) is 5.91 Å². The molecule has 84 valence electrons. The Bertz CT molecular complexity index is 318. The van der Waals surface area contributed by atoms with Crippen molar-refractivity contribution in [3.63, 3.8) is 0 Å². The SMILES string of the molecule is CCN(CC)Cc1occc1C(=O)NN. The van der Waals surface area contributed by atoms with Gasteiger partial charge in [-0.05, 0) is 19.2 Å². The van der Waals surface area contributed by atoms with E-state index in [4.69, 9.17) is 10.3 Å². The smallest absolute Gasteiger partial charge is 0.268 e. The summed E-state index contributed by atoms with van der Waals surface area (Å²) in [6, 6.07) is 1.63. The predicted octanol–water partition coefficient (Wildman–Crippen LogP) is 0.725. The largest absolute Gasteiger partial charge is 0.467 e. The van der Waals surface area contributed by atoms with Gasteiger partial charge in [0.1, 0.15) is 5.76 Å². The topological polar surface area (TPSA) is 71.5 Å². The van der Waals surface area contributed by atoms with E-state index in [-0.39, 0.29) is 5.91 Å². The number of nitrogens with two attached hydrogens (primary N) is 1. The molecule has 0 bridgehead atoms. The van der Waals surface area contributed by atoms with Gasteiger partial charge in [-0.1, -0.05) is 13.8 Å². The number of furan rings is 1. The normalized spacial score (nSPS) is 10.7. The lowest BCUT2D eigenvalue weighted by molar-refractivity contribution is 0.0950. The van der Waals surface area contributed by atoms with E-state index in [0.29, 0.717) is 17.9 Å². The van der Waals surface area contributed by atoms with Crippen LogP contribution in [0.1, 0.15) is 30.0 Å². The first kappa shape index (κ1) is 11.7. The number of nitrogens with zero attached hydrogens (tertiary/aromatic N) is 1.